The fourth-order valence-electron chi connectivity index (χ4n) is 1.24. The molecule has 0 aliphatic heterocycles. The molecule has 0 saturated heterocycles. The molecule has 1 aliphatic rings. The van der Waals surface area contributed by atoms with Gasteiger partial charge in [0.15, 0.2) is 5.03 Å². The molecular formula is C12H10Br3NO4S2. The van der Waals surface area contributed by atoms with Gasteiger partial charge in [-0.3, -0.25) is 0 Å². The molecule has 0 unspecified atom stereocenters. The van der Waals surface area contributed by atoms with E-state index in [0.717, 1.165) is 0 Å². The van der Waals surface area contributed by atoms with Gasteiger partial charge in [0.25, 0.3) is 0 Å². The maximum absolute atomic E-state index is 11.7. The topological polar surface area (TPSA) is 81.2 Å². The van der Waals surface area contributed by atoms with Crippen molar-refractivity contribution in [3.63, 3.8) is 0 Å². The number of nitrogens with zero attached hydrogens (tertiary/aromatic N) is 1. The lowest BCUT2D eigenvalue weighted by Crippen LogP contribution is -2.18. The molecule has 0 amide bonds. The minimum absolute atomic E-state index is 0.000579. The SMILES string of the molecule is O=S(=O)(c1ccccn1)C(Br)(Br)Br.O=S(=O)=C1C=CC=CC1. The third-order valence-electron chi connectivity index (χ3n) is 2.28. The summed E-state index contributed by atoms with van der Waals surface area (Å²) in [6, 6.07) is 4.68. The smallest absolute Gasteiger partial charge is 0.240 e. The van der Waals surface area contributed by atoms with Crippen LogP contribution in [0.4, 0.5) is 0 Å². The Hall–Kier alpha value is -0.290. The highest BCUT2D eigenvalue weighted by atomic mass is 80.0. The van der Waals surface area contributed by atoms with Crippen molar-refractivity contribution in [2.24, 2.45) is 0 Å². The Balaban J connectivity index is 0.000000235. The lowest BCUT2D eigenvalue weighted by molar-refractivity contribution is 0.595. The second-order valence-corrected chi connectivity index (χ2v) is 15.2. The Labute approximate surface area is 155 Å². The highest BCUT2D eigenvalue weighted by molar-refractivity contribution is 9.42. The van der Waals surface area contributed by atoms with Gasteiger partial charge in [-0.2, -0.15) is 8.42 Å². The summed E-state index contributed by atoms with van der Waals surface area (Å²) >= 11 is 8.83. The monoisotopic (exact) mass is 533 g/mol. The van der Waals surface area contributed by atoms with E-state index in [0.29, 0.717) is 11.3 Å². The minimum atomic E-state index is -3.54. The summed E-state index contributed by atoms with van der Waals surface area (Å²) in [4.78, 5) is 4.19. The third kappa shape index (κ3) is 5.73. The van der Waals surface area contributed by atoms with Crippen LogP contribution in [0.1, 0.15) is 6.42 Å². The van der Waals surface area contributed by atoms with E-state index >= 15 is 0 Å². The minimum Gasteiger partial charge on any atom is -0.245 e. The first-order valence-electron chi connectivity index (χ1n) is 5.67. The lowest BCUT2D eigenvalue weighted by Gasteiger charge is -2.11. The average molecular weight is 536 g/mol. The van der Waals surface area contributed by atoms with E-state index in [1.807, 2.05) is 12.2 Å². The van der Waals surface area contributed by atoms with Crippen LogP contribution in [0.5, 0.6) is 0 Å². The van der Waals surface area contributed by atoms with Crippen molar-refractivity contribution in [1.82, 2.24) is 4.98 Å². The first-order chi connectivity index (χ1) is 10.2. The Bertz CT molecular complexity index is 800. The number of hydrogen-bond acceptors (Lipinski definition) is 5. The number of pyridine rings is 1. The third-order valence-corrected chi connectivity index (χ3v) is 8.25. The van der Waals surface area contributed by atoms with E-state index in [2.05, 4.69) is 52.8 Å². The molecule has 22 heavy (non-hydrogen) atoms. The first-order valence-corrected chi connectivity index (χ1v) is 10.6. The summed E-state index contributed by atoms with van der Waals surface area (Å²) in [6.07, 6.45) is 8.91. The summed E-state index contributed by atoms with van der Waals surface area (Å²) in [7, 11) is -5.56. The van der Waals surface area contributed by atoms with Crippen LogP contribution in [-0.4, -0.2) is 28.2 Å². The maximum atomic E-state index is 11.7. The number of hydrogen-bond donors (Lipinski definition) is 0. The van der Waals surface area contributed by atoms with Crippen molar-refractivity contribution in [2.75, 3.05) is 0 Å². The van der Waals surface area contributed by atoms with Crippen LogP contribution in [0, 0.1) is 0 Å². The number of rotatable bonds is 1. The molecule has 0 saturated carbocycles. The van der Waals surface area contributed by atoms with Gasteiger partial charge in [-0.15, -0.1) is 0 Å². The average Bonchev–Trinajstić information content (AvgIpc) is 2.48. The van der Waals surface area contributed by atoms with Gasteiger partial charge < -0.3 is 0 Å². The molecule has 5 nitrogen and oxygen atoms in total. The van der Waals surface area contributed by atoms with Gasteiger partial charge in [0.1, 0.15) is 0 Å². The predicted octanol–water partition coefficient (Wildman–Crippen LogP) is 3.21. The molecule has 0 atom stereocenters. The van der Waals surface area contributed by atoms with Crippen molar-refractivity contribution in [3.8, 4) is 0 Å². The van der Waals surface area contributed by atoms with Crippen LogP contribution in [0.25, 0.3) is 0 Å². The zero-order valence-electron chi connectivity index (χ0n) is 10.9. The van der Waals surface area contributed by atoms with Gasteiger partial charge in [-0.05, 0) is 66.0 Å². The largest absolute Gasteiger partial charge is 0.245 e. The highest BCUT2D eigenvalue weighted by Gasteiger charge is 2.38. The molecule has 120 valence electrons. The Morgan fingerprint density at radius 1 is 1.14 bits per heavy atom. The second-order valence-electron chi connectivity index (χ2n) is 3.81. The van der Waals surface area contributed by atoms with Gasteiger partial charge in [0.05, 0.1) is 4.86 Å². The quantitative estimate of drug-likeness (QED) is 0.407. The van der Waals surface area contributed by atoms with E-state index in [4.69, 9.17) is 0 Å². The Morgan fingerprint density at radius 3 is 2.18 bits per heavy atom. The Kier molecular flexibility index (Phi) is 7.66. The number of alkyl halides is 3. The van der Waals surface area contributed by atoms with Crippen LogP contribution in [0.2, 0.25) is 0 Å². The van der Waals surface area contributed by atoms with Crippen LogP contribution in [0.3, 0.4) is 0 Å². The molecule has 1 aliphatic carbocycles. The second kappa shape index (κ2) is 8.53. The summed E-state index contributed by atoms with van der Waals surface area (Å²) < 4.78 is 42.4. The summed E-state index contributed by atoms with van der Waals surface area (Å²) in [5, 5.41) is 0.000579. The van der Waals surface area contributed by atoms with Gasteiger partial charge in [-0.25, -0.2) is 13.4 Å². The van der Waals surface area contributed by atoms with E-state index in [1.54, 1.807) is 24.3 Å². The molecule has 10 heteroatoms. The fourth-order valence-corrected chi connectivity index (χ4v) is 3.85. The maximum Gasteiger partial charge on any atom is 0.240 e. The van der Waals surface area contributed by atoms with Crippen LogP contribution in [0.15, 0.2) is 53.7 Å². The fraction of sp³-hybridized carbons (Fsp3) is 0.167. The molecule has 1 heterocycles. The van der Waals surface area contributed by atoms with Crippen LogP contribution in [-0.2, 0) is 20.1 Å². The summed E-state index contributed by atoms with van der Waals surface area (Å²) in [5.74, 6) is 0. The van der Waals surface area contributed by atoms with Gasteiger partial charge in [-0.1, -0.05) is 24.3 Å². The Morgan fingerprint density at radius 2 is 1.82 bits per heavy atom. The lowest BCUT2D eigenvalue weighted by atomic mass is 10.2. The molecule has 2 rings (SSSR count). The summed E-state index contributed by atoms with van der Waals surface area (Å²) in [6.45, 7) is 0. The van der Waals surface area contributed by atoms with Crippen molar-refractivity contribution < 1.29 is 16.8 Å². The van der Waals surface area contributed by atoms with E-state index in [-0.39, 0.29) is 5.03 Å². The molecule has 0 fully saturated rings. The van der Waals surface area contributed by atoms with Crippen LogP contribution < -0.4 is 0 Å². The predicted molar refractivity (Wildman–Crippen MR) is 97.8 cm³/mol. The van der Waals surface area contributed by atoms with E-state index in [1.165, 1.54) is 12.3 Å². The molecule has 0 N–H and O–H groups in total. The van der Waals surface area contributed by atoms with Crippen molar-refractivity contribution in [2.45, 2.75) is 12.9 Å². The number of allylic oxidation sites excluding steroid dienone is 4. The number of halogens is 3. The summed E-state index contributed by atoms with van der Waals surface area (Å²) in [5.41, 5.74) is 0. The standard InChI is InChI=1S/C6H4Br3NO2S.C6H6O2S/c7-6(8,9)13(11,12)5-3-1-2-4-10-5;7-9(8)6-4-2-1-3-5-6/h1-4H;1-4H,5H2. The van der Waals surface area contributed by atoms with Gasteiger partial charge in [0.2, 0.25) is 21.6 Å². The van der Waals surface area contributed by atoms with E-state index < -0.39 is 21.6 Å². The zero-order chi connectivity index (χ0) is 16.8. The molecule has 0 aromatic carbocycles. The molecule has 1 aromatic heterocycles. The zero-order valence-corrected chi connectivity index (χ0v) is 17.2. The van der Waals surface area contributed by atoms with Gasteiger partial charge in [0, 0.05) is 12.6 Å². The highest BCUT2D eigenvalue weighted by Crippen LogP contribution is 2.42. The van der Waals surface area contributed by atoms with Crippen LogP contribution >= 0.6 is 47.8 Å². The van der Waals surface area contributed by atoms with Crippen molar-refractivity contribution >= 4 is 72.8 Å². The number of sulfone groups is 1. The molecule has 0 spiro atoms. The van der Waals surface area contributed by atoms with Gasteiger partial charge >= 0.3 is 0 Å². The first kappa shape index (κ1) is 19.8. The molecular weight excluding hydrogens is 526 g/mol. The van der Waals surface area contributed by atoms with Crippen molar-refractivity contribution in [3.05, 3.63) is 48.7 Å². The number of aromatic nitrogens is 1. The molecule has 0 radical (unpaired) electrons. The molecule has 0 bridgehead atoms. The van der Waals surface area contributed by atoms with E-state index in [9.17, 15) is 16.8 Å². The van der Waals surface area contributed by atoms with Crippen molar-refractivity contribution in [1.29, 1.82) is 0 Å². The normalized spacial score (nSPS) is 14.2. The molecule has 1 aromatic rings.